The third-order valence-electron chi connectivity index (χ3n) is 6.20. The fourth-order valence-electron chi connectivity index (χ4n) is 5.67. The van der Waals surface area contributed by atoms with Crippen LogP contribution in [0.1, 0.15) is 39.0 Å². The molecule has 5 atom stereocenters. The molecule has 1 N–H and O–H groups in total. The Morgan fingerprint density at radius 2 is 2.05 bits per heavy atom. The second-order valence-corrected chi connectivity index (χ2v) is 7.04. The van der Waals surface area contributed by atoms with Gasteiger partial charge >= 0.3 is 0 Å². The molecule has 2 heterocycles. The number of Topliss-reactive ketones (excluding diaryl/α,β-unsaturated/α-hetero) is 1. The number of piperidine rings is 2. The predicted molar refractivity (Wildman–Crippen MR) is 72.6 cm³/mol. The summed E-state index contributed by atoms with van der Waals surface area (Å²) in [5.74, 6) is 0.805. The number of rotatable bonds is 0. The fourth-order valence-corrected chi connectivity index (χ4v) is 5.67. The first-order valence-electron chi connectivity index (χ1n) is 7.79. The molecule has 0 radical (unpaired) electrons. The van der Waals surface area contributed by atoms with E-state index in [1.54, 1.807) is 0 Å². The van der Waals surface area contributed by atoms with Gasteiger partial charge in [0.1, 0.15) is 6.10 Å². The van der Waals surface area contributed by atoms with Gasteiger partial charge in [-0.05, 0) is 58.0 Å². The van der Waals surface area contributed by atoms with Gasteiger partial charge in [0.05, 0.1) is 0 Å². The van der Waals surface area contributed by atoms with Gasteiger partial charge in [0.2, 0.25) is 0 Å². The molecule has 1 saturated carbocycles. The van der Waals surface area contributed by atoms with Gasteiger partial charge in [-0.15, -0.1) is 0 Å². The van der Waals surface area contributed by atoms with Crippen molar-refractivity contribution >= 4 is 5.78 Å². The average Bonchev–Trinajstić information content (AvgIpc) is 2.40. The minimum absolute atomic E-state index is 0.0658. The monoisotopic (exact) mass is 261 g/mol. The van der Waals surface area contributed by atoms with Gasteiger partial charge in [0, 0.05) is 17.4 Å². The van der Waals surface area contributed by atoms with Crippen molar-refractivity contribution in [3.63, 3.8) is 0 Å². The molecule has 0 amide bonds. The Morgan fingerprint density at radius 3 is 2.84 bits per heavy atom. The zero-order chi connectivity index (χ0) is 13.2. The molecular weight excluding hydrogens is 238 g/mol. The summed E-state index contributed by atoms with van der Waals surface area (Å²) < 4.78 is 0. The summed E-state index contributed by atoms with van der Waals surface area (Å²) in [6, 6.07) is 0. The summed E-state index contributed by atoms with van der Waals surface area (Å²) in [6.45, 7) is 4.48. The minimum atomic E-state index is -0.739. The highest BCUT2D eigenvalue weighted by Gasteiger charge is 2.63. The Balaban J connectivity index is 1.89. The predicted octanol–water partition coefficient (Wildman–Crippen LogP) is 1.76. The van der Waals surface area contributed by atoms with Gasteiger partial charge in [-0.1, -0.05) is 11.6 Å². The molecule has 0 aromatic heterocycles. The molecule has 2 aliphatic heterocycles. The Morgan fingerprint density at radius 1 is 1.32 bits per heavy atom. The highest BCUT2D eigenvalue weighted by molar-refractivity contribution is 5.89. The number of carbonyl (C=O) groups excluding carboxylic acids is 1. The Labute approximate surface area is 114 Å². The molecule has 0 aromatic rings. The second kappa shape index (κ2) is 3.92. The van der Waals surface area contributed by atoms with Crippen LogP contribution in [-0.4, -0.2) is 40.5 Å². The summed E-state index contributed by atoms with van der Waals surface area (Å²) in [7, 11) is 0. The Kier molecular flexibility index (Phi) is 2.50. The minimum Gasteiger partial charge on any atom is -0.385 e. The lowest BCUT2D eigenvalue weighted by Gasteiger charge is -2.64. The number of aliphatic hydroxyl groups is 1. The van der Waals surface area contributed by atoms with E-state index in [-0.39, 0.29) is 23.2 Å². The van der Waals surface area contributed by atoms with E-state index in [1.165, 1.54) is 18.4 Å². The first kappa shape index (κ1) is 12.1. The van der Waals surface area contributed by atoms with Crippen molar-refractivity contribution in [1.82, 2.24) is 4.90 Å². The molecule has 19 heavy (non-hydrogen) atoms. The van der Waals surface area contributed by atoms with Crippen molar-refractivity contribution in [3.8, 4) is 0 Å². The van der Waals surface area contributed by atoms with Gasteiger partial charge in [0.15, 0.2) is 5.78 Å². The molecule has 2 saturated heterocycles. The Hall–Kier alpha value is -0.670. The summed E-state index contributed by atoms with van der Waals surface area (Å²) in [5.41, 5.74) is 1.45. The molecule has 4 rings (SSSR count). The normalized spacial score (nSPS) is 49.6. The zero-order valence-corrected chi connectivity index (χ0v) is 11.6. The van der Waals surface area contributed by atoms with E-state index in [2.05, 4.69) is 17.9 Å². The highest BCUT2D eigenvalue weighted by Crippen LogP contribution is 2.57. The molecule has 2 aliphatic carbocycles. The van der Waals surface area contributed by atoms with Crippen molar-refractivity contribution < 1.29 is 9.90 Å². The van der Waals surface area contributed by atoms with Crippen LogP contribution in [0.2, 0.25) is 0 Å². The number of aliphatic hydroxyl groups excluding tert-OH is 1. The average molecular weight is 261 g/mol. The highest BCUT2D eigenvalue weighted by atomic mass is 16.3. The molecule has 104 valence electrons. The fraction of sp³-hybridized carbons (Fsp3) is 0.812. The summed E-state index contributed by atoms with van der Waals surface area (Å²) in [4.78, 5) is 15.2. The van der Waals surface area contributed by atoms with Crippen LogP contribution in [-0.2, 0) is 4.79 Å². The van der Waals surface area contributed by atoms with Crippen LogP contribution < -0.4 is 0 Å². The Bertz CT molecular complexity index is 456. The summed E-state index contributed by atoms with van der Waals surface area (Å²) >= 11 is 0. The van der Waals surface area contributed by atoms with Crippen molar-refractivity contribution in [1.29, 1.82) is 0 Å². The van der Waals surface area contributed by atoms with Gasteiger partial charge in [-0.25, -0.2) is 0 Å². The third kappa shape index (κ3) is 1.38. The molecule has 1 spiro atoms. The number of carbonyl (C=O) groups is 1. The van der Waals surface area contributed by atoms with Crippen LogP contribution in [0.15, 0.2) is 11.6 Å². The maximum atomic E-state index is 12.6. The molecule has 2 bridgehead atoms. The van der Waals surface area contributed by atoms with E-state index in [0.29, 0.717) is 5.92 Å². The third-order valence-corrected chi connectivity index (χ3v) is 6.20. The number of nitrogens with zero attached hydrogens (tertiary/aromatic N) is 1. The van der Waals surface area contributed by atoms with Crippen molar-refractivity contribution in [3.05, 3.63) is 11.6 Å². The molecule has 0 unspecified atom stereocenters. The maximum Gasteiger partial charge on any atom is 0.166 e. The van der Waals surface area contributed by atoms with Crippen LogP contribution in [0.3, 0.4) is 0 Å². The van der Waals surface area contributed by atoms with E-state index in [9.17, 15) is 9.90 Å². The standard InChI is InChI=1S/C16H23NO2/c1-10-8-11-12-4-2-6-17-7-3-5-13(15(19)14(11)18)16(12,17)9-10/h8,11-14,18H,2-7,9H2,1H3/t11-,12+,13+,14-,16-/m0/s1. The van der Waals surface area contributed by atoms with Crippen LogP contribution in [0, 0.1) is 17.8 Å². The van der Waals surface area contributed by atoms with Gasteiger partial charge < -0.3 is 5.11 Å². The molecule has 3 heteroatoms. The maximum absolute atomic E-state index is 12.6. The van der Waals surface area contributed by atoms with E-state index in [0.717, 1.165) is 32.4 Å². The number of hydrogen-bond donors (Lipinski definition) is 1. The van der Waals surface area contributed by atoms with Gasteiger partial charge in [-0.3, -0.25) is 9.69 Å². The van der Waals surface area contributed by atoms with E-state index >= 15 is 0 Å². The van der Waals surface area contributed by atoms with Crippen molar-refractivity contribution in [2.24, 2.45) is 17.8 Å². The summed E-state index contributed by atoms with van der Waals surface area (Å²) in [5, 5.41) is 10.4. The van der Waals surface area contributed by atoms with Crippen LogP contribution in [0.5, 0.6) is 0 Å². The first-order valence-corrected chi connectivity index (χ1v) is 7.79. The lowest BCUT2D eigenvalue weighted by atomic mass is 9.50. The molecular formula is C16H23NO2. The van der Waals surface area contributed by atoms with E-state index < -0.39 is 6.10 Å². The van der Waals surface area contributed by atoms with Gasteiger partial charge in [0.25, 0.3) is 0 Å². The van der Waals surface area contributed by atoms with Gasteiger partial charge in [-0.2, -0.15) is 0 Å². The van der Waals surface area contributed by atoms with Crippen molar-refractivity contribution in [2.75, 3.05) is 13.1 Å². The number of ketones is 1. The lowest BCUT2D eigenvalue weighted by Crippen LogP contribution is -2.72. The molecule has 3 fully saturated rings. The number of hydrogen-bond acceptors (Lipinski definition) is 3. The summed E-state index contributed by atoms with van der Waals surface area (Å²) in [6.07, 6.45) is 7.03. The van der Waals surface area contributed by atoms with Crippen molar-refractivity contribution in [2.45, 2.75) is 50.7 Å². The van der Waals surface area contributed by atoms with Crippen LogP contribution in [0.25, 0.3) is 0 Å². The topological polar surface area (TPSA) is 40.5 Å². The molecule has 3 nitrogen and oxygen atoms in total. The largest absolute Gasteiger partial charge is 0.385 e. The van der Waals surface area contributed by atoms with E-state index in [4.69, 9.17) is 0 Å². The lowest BCUT2D eigenvalue weighted by molar-refractivity contribution is -0.173. The van der Waals surface area contributed by atoms with Crippen LogP contribution >= 0.6 is 0 Å². The zero-order valence-electron chi connectivity index (χ0n) is 11.6. The molecule has 0 aromatic carbocycles. The smallest absolute Gasteiger partial charge is 0.166 e. The second-order valence-electron chi connectivity index (χ2n) is 7.04. The van der Waals surface area contributed by atoms with E-state index in [1.807, 2.05) is 0 Å². The molecule has 4 aliphatic rings. The van der Waals surface area contributed by atoms with Crippen LogP contribution in [0.4, 0.5) is 0 Å². The quantitative estimate of drug-likeness (QED) is 0.675. The SMILES string of the molecule is CC1=C[C@@H]2[C@H](O)C(=O)[C@H]3CCCN4CCC[C@H]2[C@@]34C1. The first-order chi connectivity index (χ1) is 9.14.